The van der Waals surface area contributed by atoms with Crippen LogP contribution in [0.3, 0.4) is 0 Å². The van der Waals surface area contributed by atoms with Crippen molar-refractivity contribution in [2.45, 2.75) is 25.9 Å². The molecule has 0 unspecified atom stereocenters. The van der Waals surface area contributed by atoms with Gasteiger partial charge in [-0.05, 0) is 61.9 Å². The van der Waals surface area contributed by atoms with Crippen LogP contribution in [0.25, 0.3) is 11.3 Å². The van der Waals surface area contributed by atoms with E-state index in [1.54, 1.807) is 36.4 Å². The maximum atomic E-state index is 13.2. The molecule has 1 aliphatic heterocycles. The Labute approximate surface area is 186 Å². The summed E-state index contributed by atoms with van der Waals surface area (Å²) in [6.07, 6.45) is 0.379. The van der Waals surface area contributed by atoms with Gasteiger partial charge in [-0.15, -0.1) is 0 Å². The Bertz CT molecular complexity index is 1190. The number of halogens is 1. The predicted octanol–water partition coefficient (Wildman–Crippen LogP) is 3.99. The molecule has 3 aromatic rings. The zero-order chi connectivity index (χ0) is 22.7. The number of carbonyl (C=O) groups excluding carboxylic acids is 1. The molecule has 0 bridgehead atoms. The molecule has 1 aliphatic rings. The third-order valence-corrected chi connectivity index (χ3v) is 7.22. The van der Waals surface area contributed by atoms with Crippen LogP contribution in [0.15, 0.2) is 65.1 Å². The summed E-state index contributed by atoms with van der Waals surface area (Å²) in [5, 5.41) is 0. The number of sulfone groups is 1. The van der Waals surface area contributed by atoms with E-state index >= 15 is 0 Å². The first kappa shape index (κ1) is 22.1. The molecule has 1 fully saturated rings. The summed E-state index contributed by atoms with van der Waals surface area (Å²) in [7, 11) is -3.18. The van der Waals surface area contributed by atoms with Crippen molar-refractivity contribution in [2.24, 2.45) is 0 Å². The fourth-order valence-corrected chi connectivity index (χ4v) is 5.44. The first-order chi connectivity index (χ1) is 15.3. The van der Waals surface area contributed by atoms with E-state index in [2.05, 4.69) is 0 Å². The van der Waals surface area contributed by atoms with E-state index < -0.39 is 15.9 Å². The first-order valence-corrected chi connectivity index (χ1v) is 12.2. The highest BCUT2D eigenvalue weighted by Gasteiger charge is 2.35. The molecule has 0 saturated carbocycles. The van der Waals surface area contributed by atoms with Crippen molar-refractivity contribution in [3.05, 3.63) is 77.8 Å². The molecule has 0 radical (unpaired) electrons. The minimum atomic E-state index is -3.18. The molecular weight excluding hydrogens is 433 g/mol. The molecule has 1 amide bonds. The number of rotatable bonds is 7. The molecule has 8 heteroatoms. The molecule has 32 heavy (non-hydrogen) atoms. The van der Waals surface area contributed by atoms with Gasteiger partial charge in [0, 0.05) is 11.6 Å². The Morgan fingerprint density at radius 1 is 1.09 bits per heavy atom. The van der Waals surface area contributed by atoms with Crippen molar-refractivity contribution >= 4 is 15.7 Å². The smallest absolute Gasteiger partial charge is 0.261 e. The van der Waals surface area contributed by atoms with Crippen LogP contribution in [-0.4, -0.2) is 43.4 Å². The van der Waals surface area contributed by atoms with Gasteiger partial charge in [0.1, 0.15) is 23.1 Å². The first-order valence-electron chi connectivity index (χ1n) is 10.3. The van der Waals surface area contributed by atoms with Gasteiger partial charge >= 0.3 is 0 Å². The second-order valence-corrected chi connectivity index (χ2v) is 10.2. The minimum absolute atomic E-state index is 0.0548. The predicted molar refractivity (Wildman–Crippen MR) is 118 cm³/mol. The summed E-state index contributed by atoms with van der Waals surface area (Å²) in [5.41, 5.74) is 1.79. The van der Waals surface area contributed by atoms with E-state index in [0.717, 1.165) is 5.56 Å². The fourth-order valence-electron chi connectivity index (χ4n) is 3.70. The highest BCUT2D eigenvalue weighted by Crippen LogP contribution is 2.26. The van der Waals surface area contributed by atoms with E-state index in [4.69, 9.17) is 9.15 Å². The number of amides is 1. The number of carbonyl (C=O) groups is 1. The van der Waals surface area contributed by atoms with Crippen molar-refractivity contribution in [1.29, 1.82) is 0 Å². The highest BCUT2D eigenvalue weighted by atomic mass is 32.2. The Kier molecular flexibility index (Phi) is 6.32. The van der Waals surface area contributed by atoms with Crippen LogP contribution < -0.4 is 4.74 Å². The van der Waals surface area contributed by atoms with Crippen molar-refractivity contribution in [3.63, 3.8) is 0 Å². The number of benzene rings is 2. The molecule has 2 aromatic carbocycles. The van der Waals surface area contributed by atoms with Crippen LogP contribution in [0, 0.1) is 12.7 Å². The summed E-state index contributed by atoms with van der Waals surface area (Å²) in [5.74, 6) is 0.952. The average Bonchev–Trinajstić information content (AvgIpc) is 3.38. The number of ether oxygens (including phenoxy) is 1. The normalized spacial score (nSPS) is 17.2. The Hall–Kier alpha value is -3.13. The van der Waals surface area contributed by atoms with Crippen molar-refractivity contribution < 1.29 is 26.8 Å². The van der Waals surface area contributed by atoms with Gasteiger partial charge in [0.15, 0.2) is 16.4 Å². The maximum absolute atomic E-state index is 13.2. The molecule has 0 aliphatic carbocycles. The maximum Gasteiger partial charge on any atom is 0.261 e. The van der Waals surface area contributed by atoms with Gasteiger partial charge in [-0.25, -0.2) is 12.8 Å². The second kappa shape index (κ2) is 9.16. The largest absolute Gasteiger partial charge is 0.484 e. The third kappa shape index (κ3) is 5.37. The fraction of sp³-hybridized carbons (Fsp3) is 0.292. The summed E-state index contributed by atoms with van der Waals surface area (Å²) < 4.78 is 48.7. The molecule has 0 spiro atoms. The van der Waals surface area contributed by atoms with Crippen LogP contribution in [-0.2, 0) is 21.2 Å². The molecule has 6 nitrogen and oxygen atoms in total. The molecule has 0 N–H and O–H groups in total. The van der Waals surface area contributed by atoms with E-state index in [9.17, 15) is 17.6 Å². The Balaban J connectivity index is 1.50. The lowest BCUT2D eigenvalue weighted by Crippen LogP contribution is -2.43. The molecule has 4 rings (SSSR count). The van der Waals surface area contributed by atoms with Gasteiger partial charge < -0.3 is 14.1 Å². The van der Waals surface area contributed by atoms with E-state index in [-0.39, 0.29) is 36.4 Å². The summed E-state index contributed by atoms with van der Waals surface area (Å²) >= 11 is 0. The molecular formula is C24H24FNO5S. The van der Waals surface area contributed by atoms with Gasteiger partial charge in [0.05, 0.1) is 18.1 Å². The van der Waals surface area contributed by atoms with Crippen molar-refractivity contribution in [2.75, 3.05) is 18.1 Å². The van der Waals surface area contributed by atoms with Gasteiger partial charge in [-0.1, -0.05) is 17.7 Å². The number of hydrogen-bond acceptors (Lipinski definition) is 5. The average molecular weight is 458 g/mol. The monoisotopic (exact) mass is 457 g/mol. The second-order valence-electron chi connectivity index (χ2n) is 7.95. The van der Waals surface area contributed by atoms with Gasteiger partial charge in [-0.2, -0.15) is 0 Å². The van der Waals surface area contributed by atoms with Crippen LogP contribution in [0.2, 0.25) is 0 Å². The third-order valence-electron chi connectivity index (χ3n) is 5.47. The van der Waals surface area contributed by atoms with E-state index in [1.165, 1.54) is 17.0 Å². The Morgan fingerprint density at radius 3 is 2.47 bits per heavy atom. The highest BCUT2D eigenvalue weighted by molar-refractivity contribution is 7.91. The topological polar surface area (TPSA) is 76.8 Å². The lowest BCUT2D eigenvalue weighted by Gasteiger charge is -2.27. The van der Waals surface area contributed by atoms with Crippen LogP contribution >= 0.6 is 0 Å². The zero-order valence-corrected chi connectivity index (χ0v) is 18.5. The van der Waals surface area contributed by atoms with Crippen molar-refractivity contribution in [3.8, 4) is 17.1 Å². The number of hydrogen-bond donors (Lipinski definition) is 0. The van der Waals surface area contributed by atoms with Crippen molar-refractivity contribution in [1.82, 2.24) is 4.90 Å². The number of furan rings is 1. The van der Waals surface area contributed by atoms with E-state index in [0.29, 0.717) is 29.3 Å². The number of aryl methyl sites for hydroxylation is 1. The molecule has 1 atom stereocenters. The molecule has 168 valence electrons. The van der Waals surface area contributed by atoms with Gasteiger partial charge in [0.2, 0.25) is 0 Å². The standard InChI is InChI=1S/C24H24FNO5S/c1-17-2-8-21(9-3-17)30-15-24(27)26(20-12-13-32(28,29)16-20)14-22-10-11-23(31-22)18-4-6-19(25)7-5-18/h2-11,20H,12-16H2,1H3/t20-/m1/s1. The van der Waals surface area contributed by atoms with Crippen LogP contribution in [0.1, 0.15) is 17.7 Å². The van der Waals surface area contributed by atoms with Gasteiger partial charge in [-0.3, -0.25) is 4.79 Å². The lowest BCUT2D eigenvalue weighted by molar-refractivity contribution is -0.136. The summed E-state index contributed by atoms with van der Waals surface area (Å²) in [4.78, 5) is 14.5. The summed E-state index contributed by atoms with van der Waals surface area (Å²) in [6.45, 7) is 1.88. The zero-order valence-electron chi connectivity index (χ0n) is 17.7. The molecule has 1 aromatic heterocycles. The Morgan fingerprint density at radius 2 is 1.81 bits per heavy atom. The van der Waals surface area contributed by atoms with Crippen LogP contribution in [0.5, 0.6) is 5.75 Å². The van der Waals surface area contributed by atoms with E-state index in [1.807, 2.05) is 19.1 Å². The SMILES string of the molecule is Cc1ccc(OCC(=O)N(Cc2ccc(-c3ccc(F)cc3)o2)[C@@H]2CCS(=O)(=O)C2)cc1. The quantitative estimate of drug-likeness (QED) is 0.536. The minimum Gasteiger partial charge on any atom is -0.484 e. The summed E-state index contributed by atoms with van der Waals surface area (Å²) in [6, 6.07) is 16.3. The lowest BCUT2D eigenvalue weighted by atomic mass is 10.2. The molecule has 1 saturated heterocycles. The van der Waals surface area contributed by atoms with Crippen LogP contribution in [0.4, 0.5) is 4.39 Å². The van der Waals surface area contributed by atoms with Gasteiger partial charge in [0.25, 0.3) is 5.91 Å². The molecule has 2 heterocycles. The number of nitrogens with zero attached hydrogens (tertiary/aromatic N) is 1.